The van der Waals surface area contributed by atoms with Crippen LogP contribution in [-0.2, 0) is 11.8 Å². The number of hydrogen-bond donors (Lipinski definition) is 0. The fraction of sp³-hybridized carbons (Fsp3) is 0.333. The monoisotopic (exact) mass is 446 g/mol. The molecule has 0 aliphatic carbocycles. The summed E-state index contributed by atoms with van der Waals surface area (Å²) in [6, 6.07) is 20.8. The molecular formula is C27H31ClN4. The molecule has 0 saturated heterocycles. The van der Waals surface area contributed by atoms with E-state index in [2.05, 4.69) is 62.1 Å². The third-order valence-electron chi connectivity index (χ3n) is 6.17. The Morgan fingerprint density at radius 2 is 1.75 bits per heavy atom. The first-order valence-electron chi connectivity index (χ1n) is 11.4. The molecule has 5 heteroatoms. The van der Waals surface area contributed by atoms with Crippen molar-refractivity contribution in [3.05, 3.63) is 89.3 Å². The second-order valence-corrected chi connectivity index (χ2v) is 9.16. The van der Waals surface area contributed by atoms with Crippen molar-refractivity contribution in [2.75, 3.05) is 19.6 Å². The van der Waals surface area contributed by atoms with Gasteiger partial charge in [-0.1, -0.05) is 74.8 Å². The van der Waals surface area contributed by atoms with Crippen molar-refractivity contribution in [2.24, 2.45) is 0 Å². The number of halogens is 1. The molecule has 2 aromatic heterocycles. The summed E-state index contributed by atoms with van der Waals surface area (Å²) in [7, 11) is 0. The topological polar surface area (TPSA) is 33.4 Å². The predicted octanol–water partition coefficient (Wildman–Crippen LogP) is 6.28. The van der Waals surface area contributed by atoms with Crippen molar-refractivity contribution >= 4 is 17.2 Å². The molecule has 2 heterocycles. The molecule has 4 rings (SSSR count). The molecular weight excluding hydrogens is 416 g/mol. The van der Waals surface area contributed by atoms with Gasteiger partial charge in [-0.15, -0.1) is 0 Å². The molecule has 1 atom stereocenters. The van der Waals surface area contributed by atoms with E-state index in [0.717, 1.165) is 54.3 Å². The van der Waals surface area contributed by atoms with Crippen molar-refractivity contribution in [3.63, 3.8) is 0 Å². The molecule has 1 unspecified atom stereocenters. The van der Waals surface area contributed by atoms with Crippen LogP contribution < -0.4 is 0 Å². The van der Waals surface area contributed by atoms with Gasteiger partial charge in [-0.3, -0.25) is 0 Å². The van der Waals surface area contributed by atoms with Gasteiger partial charge in [0.1, 0.15) is 0 Å². The zero-order valence-corrected chi connectivity index (χ0v) is 19.9. The highest BCUT2D eigenvalue weighted by molar-refractivity contribution is 6.30. The minimum Gasteiger partial charge on any atom is -0.303 e. The van der Waals surface area contributed by atoms with Gasteiger partial charge < -0.3 is 4.90 Å². The Hall–Kier alpha value is -2.69. The Kier molecular flexibility index (Phi) is 6.92. The van der Waals surface area contributed by atoms with Crippen molar-refractivity contribution < 1.29 is 0 Å². The molecule has 0 fully saturated rings. The zero-order valence-electron chi connectivity index (χ0n) is 19.1. The summed E-state index contributed by atoms with van der Waals surface area (Å²) in [6.07, 6.45) is 5.92. The highest BCUT2D eigenvalue weighted by atomic mass is 35.5. The largest absolute Gasteiger partial charge is 0.303 e. The number of rotatable bonds is 9. The van der Waals surface area contributed by atoms with Crippen molar-refractivity contribution in [1.29, 1.82) is 0 Å². The maximum absolute atomic E-state index is 6.10. The molecule has 0 bridgehead atoms. The lowest BCUT2D eigenvalue weighted by Crippen LogP contribution is -2.42. The third-order valence-corrected chi connectivity index (χ3v) is 6.42. The molecule has 0 saturated carbocycles. The first-order chi connectivity index (χ1) is 15.5. The van der Waals surface area contributed by atoms with E-state index in [1.165, 1.54) is 11.3 Å². The number of benzene rings is 2. The van der Waals surface area contributed by atoms with Crippen LogP contribution in [-0.4, -0.2) is 39.1 Å². The molecule has 0 spiro atoms. The van der Waals surface area contributed by atoms with Crippen molar-refractivity contribution in [3.8, 4) is 11.1 Å². The van der Waals surface area contributed by atoms with Crippen LogP contribution in [0.4, 0.5) is 0 Å². The van der Waals surface area contributed by atoms with E-state index < -0.39 is 0 Å². The predicted molar refractivity (Wildman–Crippen MR) is 133 cm³/mol. The van der Waals surface area contributed by atoms with E-state index in [-0.39, 0.29) is 5.41 Å². The van der Waals surface area contributed by atoms with Crippen LogP contribution in [0.3, 0.4) is 0 Å². The van der Waals surface area contributed by atoms with Crippen LogP contribution in [0.1, 0.15) is 38.4 Å². The Bertz CT molecular complexity index is 1150. The summed E-state index contributed by atoms with van der Waals surface area (Å²) in [6.45, 7) is 9.92. The van der Waals surface area contributed by atoms with Gasteiger partial charge in [0.2, 0.25) is 0 Å². The lowest BCUT2D eigenvalue weighted by Gasteiger charge is -2.36. The van der Waals surface area contributed by atoms with Crippen LogP contribution in [0.25, 0.3) is 16.8 Å². The van der Waals surface area contributed by atoms with Crippen molar-refractivity contribution in [2.45, 2.75) is 39.0 Å². The summed E-state index contributed by atoms with van der Waals surface area (Å²) in [5, 5.41) is 5.53. The lowest BCUT2D eigenvalue weighted by molar-refractivity contribution is 0.218. The van der Waals surface area contributed by atoms with E-state index in [1.54, 1.807) is 0 Å². The second kappa shape index (κ2) is 9.85. The Labute approximate surface area is 195 Å². The number of likely N-dealkylation sites (N-methyl/N-ethyl adjacent to an activating group) is 1. The number of aromatic nitrogens is 3. The molecule has 166 valence electrons. The summed E-state index contributed by atoms with van der Waals surface area (Å²) in [5.41, 5.74) is 5.35. The highest BCUT2D eigenvalue weighted by Crippen LogP contribution is 2.32. The Morgan fingerprint density at radius 3 is 2.44 bits per heavy atom. The fourth-order valence-corrected chi connectivity index (χ4v) is 4.74. The van der Waals surface area contributed by atoms with Crippen LogP contribution >= 0.6 is 11.6 Å². The number of fused-ring (bicyclic) bond motifs is 1. The average molecular weight is 447 g/mol. The zero-order chi connectivity index (χ0) is 22.6. The molecule has 2 aromatic carbocycles. The number of hydrogen-bond acceptors (Lipinski definition) is 3. The highest BCUT2D eigenvalue weighted by Gasteiger charge is 2.32. The average Bonchev–Trinajstić information content (AvgIpc) is 3.24. The quantitative estimate of drug-likeness (QED) is 0.303. The minimum absolute atomic E-state index is 0.128. The van der Waals surface area contributed by atoms with Crippen LogP contribution in [0.15, 0.2) is 73.1 Å². The van der Waals surface area contributed by atoms with Gasteiger partial charge in [0.05, 0.1) is 11.9 Å². The third kappa shape index (κ3) is 4.72. The second-order valence-electron chi connectivity index (χ2n) is 8.72. The van der Waals surface area contributed by atoms with E-state index in [0.29, 0.717) is 0 Å². The SMILES string of the molecule is CCCN(CC)CC(C)(Cc1ccccc1)c1ccnc2c(-c3ccc(Cl)cc3)cnn12. The minimum atomic E-state index is -0.128. The van der Waals surface area contributed by atoms with Crippen LogP contribution in [0.5, 0.6) is 0 Å². The maximum Gasteiger partial charge on any atom is 0.163 e. The molecule has 4 aromatic rings. The molecule has 0 N–H and O–H groups in total. The maximum atomic E-state index is 6.10. The standard InChI is InChI=1S/C27H31ClN4/c1-4-17-31(5-2)20-27(3,18-21-9-7-6-8-10-21)25-15-16-29-26-24(19-30-32(25)26)22-11-13-23(28)14-12-22/h6-16,19H,4-5,17-18,20H2,1-3H3. The molecule has 4 nitrogen and oxygen atoms in total. The fourth-order valence-electron chi connectivity index (χ4n) is 4.61. The Balaban J connectivity index is 1.81. The van der Waals surface area contributed by atoms with Gasteiger partial charge in [0.25, 0.3) is 0 Å². The first kappa shape index (κ1) is 22.5. The summed E-state index contributed by atoms with van der Waals surface area (Å²) in [4.78, 5) is 7.25. The smallest absolute Gasteiger partial charge is 0.163 e. The summed E-state index contributed by atoms with van der Waals surface area (Å²) < 4.78 is 2.03. The summed E-state index contributed by atoms with van der Waals surface area (Å²) in [5.74, 6) is 0. The molecule has 0 amide bonds. The number of nitrogens with zero attached hydrogens (tertiary/aromatic N) is 4. The van der Waals surface area contributed by atoms with Crippen LogP contribution in [0, 0.1) is 0 Å². The lowest BCUT2D eigenvalue weighted by atomic mass is 9.79. The van der Waals surface area contributed by atoms with Gasteiger partial charge in [0, 0.05) is 28.7 Å². The normalized spacial score (nSPS) is 13.5. The van der Waals surface area contributed by atoms with E-state index in [9.17, 15) is 0 Å². The van der Waals surface area contributed by atoms with E-state index >= 15 is 0 Å². The van der Waals surface area contributed by atoms with Gasteiger partial charge in [-0.05, 0) is 55.3 Å². The van der Waals surface area contributed by atoms with Gasteiger partial charge in [0.15, 0.2) is 5.65 Å². The van der Waals surface area contributed by atoms with E-state index in [1.807, 2.05) is 41.2 Å². The molecule has 0 radical (unpaired) electrons. The first-order valence-corrected chi connectivity index (χ1v) is 11.8. The van der Waals surface area contributed by atoms with E-state index in [4.69, 9.17) is 21.7 Å². The van der Waals surface area contributed by atoms with Crippen molar-refractivity contribution in [1.82, 2.24) is 19.5 Å². The van der Waals surface area contributed by atoms with Gasteiger partial charge in [-0.25, -0.2) is 9.50 Å². The van der Waals surface area contributed by atoms with Crippen LogP contribution in [0.2, 0.25) is 5.02 Å². The Morgan fingerprint density at radius 1 is 1.00 bits per heavy atom. The van der Waals surface area contributed by atoms with Gasteiger partial charge in [-0.2, -0.15) is 5.10 Å². The van der Waals surface area contributed by atoms with Gasteiger partial charge >= 0.3 is 0 Å². The molecule has 0 aliphatic heterocycles. The summed E-state index contributed by atoms with van der Waals surface area (Å²) >= 11 is 6.10. The molecule has 0 aliphatic rings. The molecule has 32 heavy (non-hydrogen) atoms.